The van der Waals surface area contributed by atoms with Crippen LogP contribution < -0.4 is 0 Å². The monoisotopic (exact) mass is 267 g/mol. The lowest BCUT2D eigenvalue weighted by molar-refractivity contribution is -0.142. The first-order valence-corrected chi connectivity index (χ1v) is 6.49. The van der Waals surface area contributed by atoms with Crippen molar-refractivity contribution in [2.24, 2.45) is 4.99 Å². The summed E-state index contributed by atoms with van der Waals surface area (Å²) in [5, 5.41) is 0. The summed E-state index contributed by atoms with van der Waals surface area (Å²) in [7, 11) is 1.39. The highest BCUT2D eigenvalue weighted by Gasteiger charge is 2.17. The normalized spacial score (nSPS) is 12.2. The van der Waals surface area contributed by atoms with Crippen LogP contribution in [0.1, 0.15) is 11.1 Å². The van der Waals surface area contributed by atoms with Gasteiger partial charge in [0.25, 0.3) is 0 Å². The van der Waals surface area contributed by atoms with Crippen molar-refractivity contribution in [2.45, 2.75) is 12.5 Å². The number of rotatable bonds is 5. The quantitative estimate of drug-likeness (QED) is 0.617. The van der Waals surface area contributed by atoms with Gasteiger partial charge in [-0.15, -0.1) is 0 Å². The van der Waals surface area contributed by atoms with E-state index in [4.69, 9.17) is 4.74 Å². The van der Waals surface area contributed by atoms with Gasteiger partial charge in [0.2, 0.25) is 0 Å². The molecule has 0 amide bonds. The molecule has 3 nitrogen and oxygen atoms in total. The van der Waals surface area contributed by atoms with Crippen LogP contribution in [0.4, 0.5) is 0 Å². The first-order chi connectivity index (χ1) is 9.79. The molecule has 0 spiro atoms. The maximum atomic E-state index is 11.8. The highest BCUT2D eigenvalue weighted by molar-refractivity contribution is 5.84. The number of esters is 1. The Bertz CT molecular complexity index is 564. The van der Waals surface area contributed by atoms with Gasteiger partial charge in [-0.3, -0.25) is 4.99 Å². The topological polar surface area (TPSA) is 38.7 Å². The van der Waals surface area contributed by atoms with Gasteiger partial charge in [-0.05, 0) is 11.1 Å². The van der Waals surface area contributed by atoms with Crippen molar-refractivity contribution in [1.82, 2.24) is 0 Å². The van der Waals surface area contributed by atoms with Crippen LogP contribution in [-0.4, -0.2) is 25.3 Å². The maximum absolute atomic E-state index is 11.8. The van der Waals surface area contributed by atoms with Crippen molar-refractivity contribution in [3.8, 4) is 0 Å². The number of hydrogen-bond acceptors (Lipinski definition) is 3. The average molecular weight is 267 g/mol. The molecule has 0 aliphatic carbocycles. The number of ether oxygens (including phenoxy) is 1. The number of carbonyl (C=O) groups excluding carboxylic acids is 1. The van der Waals surface area contributed by atoms with Gasteiger partial charge in [0, 0.05) is 12.6 Å². The van der Waals surface area contributed by atoms with Crippen molar-refractivity contribution >= 4 is 12.2 Å². The van der Waals surface area contributed by atoms with Crippen molar-refractivity contribution in [2.75, 3.05) is 7.11 Å². The molecule has 0 aliphatic rings. The number of methoxy groups -OCH3 is 1. The molecule has 0 bridgehead atoms. The zero-order chi connectivity index (χ0) is 14.2. The molecular formula is C17H17NO2. The van der Waals surface area contributed by atoms with Crippen molar-refractivity contribution in [1.29, 1.82) is 0 Å². The fraction of sp³-hybridized carbons (Fsp3) is 0.176. The Morgan fingerprint density at radius 3 is 2.30 bits per heavy atom. The van der Waals surface area contributed by atoms with E-state index in [2.05, 4.69) is 4.99 Å². The molecular weight excluding hydrogens is 250 g/mol. The molecule has 0 heterocycles. The van der Waals surface area contributed by atoms with Gasteiger partial charge in [0.05, 0.1) is 7.11 Å². The third-order valence-electron chi connectivity index (χ3n) is 2.95. The lowest BCUT2D eigenvalue weighted by Gasteiger charge is -2.10. The van der Waals surface area contributed by atoms with E-state index < -0.39 is 6.04 Å². The Morgan fingerprint density at radius 2 is 1.70 bits per heavy atom. The van der Waals surface area contributed by atoms with Crippen LogP contribution in [0.15, 0.2) is 65.7 Å². The predicted octanol–water partition coefficient (Wildman–Crippen LogP) is 2.89. The van der Waals surface area contributed by atoms with Crippen molar-refractivity contribution in [3.05, 3.63) is 71.8 Å². The van der Waals surface area contributed by atoms with Gasteiger partial charge in [0.15, 0.2) is 6.04 Å². The van der Waals surface area contributed by atoms with Gasteiger partial charge >= 0.3 is 5.97 Å². The number of carbonyl (C=O) groups is 1. The maximum Gasteiger partial charge on any atom is 0.330 e. The number of nitrogens with zero attached hydrogens (tertiary/aromatic N) is 1. The molecule has 2 rings (SSSR count). The largest absolute Gasteiger partial charge is 0.467 e. The van der Waals surface area contributed by atoms with E-state index in [1.54, 1.807) is 6.21 Å². The van der Waals surface area contributed by atoms with E-state index in [0.29, 0.717) is 6.42 Å². The third kappa shape index (κ3) is 4.05. The Balaban J connectivity index is 2.12. The molecule has 0 aliphatic heterocycles. The molecule has 2 aromatic rings. The fourth-order valence-corrected chi connectivity index (χ4v) is 1.89. The van der Waals surface area contributed by atoms with E-state index in [-0.39, 0.29) is 5.97 Å². The molecule has 0 aromatic heterocycles. The first-order valence-electron chi connectivity index (χ1n) is 6.49. The van der Waals surface area contributed by atoms with Crippen LogP contribution in [0.3, 0.4) is 0 Å². The summed E-state index contributed by atoms with van der Waals surface area (Å²) in [6, 6.07) is 19.0. The van der Waals surface area contributed by atoms with E-state index in [0.717, 1.165) is 11.1 Å². The Labute approximate surface area is 118 Å². The third-order valence-corrected chi connectivity index (χ3v) is 2.95. The Morgan fingerprint density at radius 1 is 1.10 bits per heavy atom. The predicted molar refractivity (Wildman–Crippen MR) is 80.0 cm³/mol. The zero-order valence-electron chi connectivity index (χ0n) is 11.4. The van der Waals surface area contributed by atoms with Crippen LogP contribution in [-0.2, 0) is 16.0 Å². The summed E-state index contributed by atoms with van der Waals surface area (Å²) in [6.45, 7) is 0. The minimum absolute atomic E-state index is 0.318. The molecule has 0 fully saturated rings. The molecule has 0 saturated carbocycles. The molecule has 0 saturated heterocycles. The molecule has 2 aromatic carbocycles. The highest BCUT2D eigenvalue weighted by atomic mass is 16.5. The smallest absolute Gasteiger partial charge is 0.330 e. The minimum atomic E-state index is -0.511. The Hall–Kier alpha value is -2.42. The molecule has 0 N–H and O–H groups in total. The SMILES string of the molecule is COC(=O)[C@H](Cc1ccccc1)/N=C\c1ccccc1. The highest BCUT2D eigenvalue weighted by Crippen LogP contribution is 2.08. The summed E-state index contributed by atoms with van der Waals surface area (Å²) >= 11 is 0. The van der Waals surface area contributed by atoms with E-state index in [1.807, 2.05) is 60.7 Å². The van der Waals surface area contributed by atoms with Crippen molar-refractivity contribution < 1.29 is 9.53 Å². The molecule has 0 radical (unpaired) electrons. The summed E-state index contributed by atoms with van der Waals surface area (Å²) in [5.41, 5.74) is 2.03. The number of benzene rings is 2. The van der Waals surface area contributed by atoms with Gasteiger partial charge < -0.3 is 4.74 Å². The van der Waals surface area contributed by atoms with Crippen molar-refractivity contribution in [3.63, 3.8) is 0 Å². The van der Waals surface area contributed by atoms with Crippen LogP contribution >= 0.6 is 0 Å². The lowest BCUT2D eigenvalue weighted by Crippen LogP contribution is -2.23. The molecule has 1 atom stereocenters. The van der Waals surface area contributed by atoms with Gasteiger partial charge in [-0.25, -0.2) is 4.79 Å². The summed E-state index contributed by atoms with van der Waals surface area (Å²) in [6.07, 6.45) is 2.25. The van der Waals surface area contributed by atoms with E-state index >= 15 is 0 Å². The second-order valence-electron chi connectivity index (χ2n) is 4.42. The molecule has 3 heteroatoms. The first kappa shape index (κ1) is 14.0. The summed E-state index contributed by atoms with van der Waals surface area (Å²) in [5.74, 6) is -0.318. The molecule has 0 unspecified atom stereocenters. The standard InChI is InChI=1S/C17H17NO2/c1-20-17(19)16(12-14-8-4-2-5-9-14)18-13-15-10-6-3-7-11-15/h2-11,13,16H,12H2,1H3/b18-13-/t16-/m0/s1. The number of hydrogen-bond donors (Lipinski definition) is 0. The van der Waals surface area contributed by atoms with Crippen LogP contribution in [0.25, 0.3) is 0 Å². The van der Waals surface area contributed by atoms with E-state index in [9.17, 15) is 4.79 Å². The van der Waals surface area contributed by atoms with E-state index in [1.165, 1.54) is 7.11 Å². The Kier molecular flexibility index (Phi) is 5.07. The summed E-state index contributed by atoms with van der Waals surface area (Å²) < 4.78 is 4.82. The fourth-order valence-electron chi connectivity index (χ4n) is 1.89. The second kappa shape index (κ2) is 7.24. The molecule has 102 valence electrons. The van der Waals surface area contributed by atoms with Gasteiger partial charge in [0.1, 0.15) is 0 Å². The van der Waals surface area contributed by atoms with Gasteiger partial charge in [-0.2, -0.15) is 0 Å². The van der Waals surface area contributed by atoms with Crippen LogP contribution in [0.2, 0.25) is 0 Å². The number of aliphatic imine (C=N–C) groups is 1. The minimum Gasteiger partial charge on any atom is -0.467 e. The van der Waals surface area contributed by atoms with Crippen LogP contribution in [0.5, 0.6) is 0 Å². The second-order valence-corrected chi connectivity index (χ2v) is 4.42. The lowest BCUT2D eigenvalue weighted by atomic mass is 10.1. The average Bonchev–Trinajstić information content (AvgIpc) is 2.52. The van der Waals surface area contributed by atoms with Crippen LogP contribution in [0, 0.1) is 0 Å². The molecule has 20 heavy (non-hydrogen) atoms. The van der Waals surface area contributed by atoms with Gasteiger partial charge in [-0.1, -0.05) is 60.7 Å². The zero-order valence-corrected chi connectivity index (χ0v) is 11.4. The summed E-state index contributed by atoms with van der Waals surface area (Å²) in [4.78, 5) is 16.2.